The zero-order valence-electron chi connectivity index (χ0n) is 36.3. The van der Waals surface area contributed by atoms with Crippen LogP contribution in [0.2, 0.25) is 0 Å². The molecule has 0 aromatic heterocycles. The van der Waals surface area contributed by atoms with Crippen molar-refractivity contribution in [2.45, 2.75) is 198 Å². The van der Waals surface area contributed by atoms with Crippen molar-refractivity contribution in [2.24, 2.45) is 0 Å². The molecule has 304 valence electrons. The minimum absolute atomic E-state index is 0.272. The summed E-state index contributed by atoms with van der Waals surface area (Å²) in [6.45, 7) is 43.3. The monoisotopic (exact) mass is 790 g/mol. The largest absolute Gasteiger partial charge is 0.741 e. The zero-order valence-corrected chi connectivity index (χ0v) is 38.0. The van der Waals surface area contributed by atoms with Gasteiger partial charge in [-0.25, -0.2) is 8.42 Å². The van der Waals surface area contributed by atoms with Gasteiger partial charge in [-0.15, -0.1) is 0 Å². The highest BCUT2D eigenvalue weighted by molar-refractivity contribution is 7.97. The van der Waals surface area contributed by atoms with Gasteiger partial charge in [-0.1, -0.05) is 161 Å². The van der Waals surface area contributed by atoms with Crippen LogP contribution in [0.4, 0.5) is 13.2 Å². The smallest absolute Gasteiger partial charge is 0.485 e. The molecule has 0 saturated carbocycles. The second kappa shape index (κ2) is 18.8. The van der Waals surface area contributed by atoms with Gasteiger partial charge < -0.3 is 4.55 Å². The van der Waals surface area contributed by atoms with E-state index in [0.717, 1.165) is 0 Å². The Bertz CT molecular complexity index is 1560. The number of hydrogen-bond donors (Lipinski definition) is 0. The van der Waals surface area contributed by atoms with E-state index in [1.165, 1.54) is 16.7 Å². The Labute approximate surface area is 330 Å². The molecule has 0 saturated heterocycles. The minimum Gasteiger partial charge on any atom is -0.741 e. The van der Waals surface area contributed by atoms with E-state index in [4.69, 9.17) is 13.0 Å². The predicted octanol–water partition coefficient (Wildman–Crippen LogP) is 14.9. The van der Waals surface area contributed by atoms with Crippen molar-refractivity contribution in [1.29, 1.82) is 0 Å². The van der Waals surface area contributed by atoms with Crippen molar-refractivity contribution in [3.63, 3.8) is 0 Å². The van der Waals surface area contributed by atoms with Gasteiger partial charge in [0, 0.05) is 33.4 Å². The molecule has 3 rings (SSSR count). The van der Waals surface area contributed by atoms with Crippen molar-refractivity contribution >= 4 is 21.0 Å². The quantitative estimate of drug-likeness (QED) is 0.104. The van der Waals surface area contributed by atoms with Crippen LogP contribution in [0.5, 0.6) is 0 Å². The summed E-state index contributed by atoms with van der Waals surface area (Å²) < 4.78 is 58.9. The van der Waals surface area contributed by atoms with Crippen molar-refractivity contribution in [2.75, 3.05) is 0 Å². The predicted molar refractivity (Wildman–Crippen MR) is 224 cm³/mol. The van der Waals surface area contributed by atoms with Crippen LogP contribution in [-0.4, -0.2) is 18.5 Å². The Balaban J connectivity index is 0.00000113. The van der Waals surface area contributed by atoms with Crippen LogP contribution in [0.15, 0.2) is 51.1 Å². The Kier molecular flexibility index (Phi) is 16.6. The van der Waals surface area contributed by atoms with E-state index in [2.05, 4.69) is 161 Å². The third-order valence-corrected chi connectivity index (χ3v) is 13.3. The number of benzene rings is 3. The molecule has 54 heavy (non-hydrogen) atoms. The average molecular weight is 791 g/mol. The lowest BCUT2D eigenvalue weighted by Crippen LogP contribution is -2.22. The standard InChI is InChI=1S/C45H69S.CHF3O3S/c1-25(2)34-19-37(28(7)8)43(38(20-34)29(9)10)46(44-39(30(11)12)21-35(26(3)4)22-40(44)31(13)14)45-41(32(15)16)23-36(27(5)6)24-42(45)33(17)18;2-1(3,4)8(5,6)7/h19-33H,1-18H3;(H,5,6,7)/q+1;/p-1. The van der Waals surface area contributed by atoms with Crippen LogP contribution in [-0.2, 0) is 21.0 Å². The molecular weight excluding hydrogens is 722 g/mol. The van der Waals surface area contributed by atoms with Gasteiger partial charge in [-0.05, 0) is 70.0 Å². The number of halogens is 3. The van der Waals surface area contributed by atoms with Gasteiger partial charge in [0.2, 0.25) is 0 Å². The molecule has 0 unspecified atom stereocenters. The lowest BCUT2D eigenvalue weighted by molar-refractivity contribution is -0.0517. The molecule has 8 heteroatoms. The molecular formula is C46H69F3O3S2. The van der Waals surface area contributed by atoms with Crippen molar-refractivity contribution in [1.82, 2.24) is 0 Å². The Morgan fingerprint density at radius 1 is 0.407 bits per heavy atom. The van der Waals surface area contributed by atoms with E-state index in [9.17, 15) is 13.2 Å². The summed E-state index contributed by atoms with van der Waals surface area (Å²) in [6.07, 6.45) is 0. The van der Waals surface area contributed by atoms with Crippen molar-refractivity contribution in [3.05, 3.63) is 86.5 Å². The average Bonchev–Trinajstić information content (AvgIpc) is 3.02. The zero-order chi connectivity index (χ0) is 41.9. The molecule has 3 nitrogen and oxygen atoms in total. The molecule has 0 heterocycles. The summed E-state index contributed by atoms with van der Waals surface area (Å²) in [7, 11) is -6.36. The van der Waals surface area contributed by atoms with Gasteiger partial charge in [0.15, 0.2) is 24.8 Å². The lowest BCUT2D eigenvalue weighted by atomic mass is 9.89. The van der Waals surface area contributed by atoms with E-state index in [1.807, 2.05) is 0 Å². The molecule has 0 radical (unpaired) electrons. The fourth-order valence-electron chi connectivity index (χ4n) is 6.68. The second-order valence-corrected chi connectivity index (χ2v) is 20.9. The molecule has 3 aromatic rings. The van der Waals surface area contributed by atoms with E-state index in [0.29, 0.717) is 53.3 Å². The summed E-state index contributed by atoms with van der Waals surface area (Å²) in [5.41, 5.74) is 8.08. The van der Waals surface area contributed by atoms with Gasteiger partial charge in [0.25, 0.3) is 0 Å². The van der Waals surface area contributed by atoms with Crippen molar-refractivity contribution in [3.8, 4) is 0 Å². The molecule has 0 fully saturated rings. The highest BCUT2D eigenvalue weighted by Gasteiger charge is 2.44. The molecule has 0 N–H and O–H groups in total. The summed E-state index contributed by atoms with van der Waals surface area (Å²) in [4.78, 5) is 4.82. The Hall–Kier alpha value is -2.29. The van der Waals surface area contributed by atoms with E-state index in [1.54, 1.807) is 48.1 Å². The molecule has 0 aliphatic rings. The Morgan fingerprint density at radius 3 is 0.648 bits per heavy atom. The number of hydrogen-bond acceptors (Lipinski definition) is 3. The second-order valence-electron chi connectivity index (χ2n) is 17.7. The van der Waals surface area contributed by atoms with E-state index >= 15 is 0 Å². The normalized spacial score (nSPS) is 13.0. The minimum atomic E-state index is -6.09. The van der Waals surface area contributed by atoms with Gasteiger partial charge in [0.05, 0.1) is 0 Å². The maximum atomic E-state index is 10.7. The molecule has 3 aromatic carbocycles. The summed E-state index contributed by atoms with van der Waals surface area (Å²) in [5.74, 6) is 4.08. The van der Waals surface area contributed by atoms with Crippen LogP contribution < -0.4 is 0 Å². The number of rotatable bonds is 12. The maximum Gasteiger partial charge on any atom is 0.485 e. The lowest BCUT2D eigenvalue weighted by Gasteiger charge is -2.29. The molecule has 0 bridgehead atoms. The van der Waals surface area contributed by atoms with Gasteiger partial charge in [-0.3, -0.25) is 0 Å². The summed E-state index contributed by atoms with van der Waals surface area (Å²) >= 11 is 0. The van der Waals surface area contributed by atoms with Crippen LogP contribution in [0.25, 0.3) is 0 Å². The first-order chi connectivity index (χ1) is 24.5. The SMILES string of the molecule is CC(C)c1cc(C(C)C)c([S+](c2c(C(C)C)cc(C(C)C)cc2C(C)C)c2c(C(C)C)cc(C(C)C)cc2C(C)C)c(C(C)C)c1.O=S(=O)([O-])C(F)(F)F. The van der Waals surface area contributed by atoms with Crippen LogP contribution in [0, 0.1) is 0 Å². The van der Waals surface area contributed by atoms with Gasteiger partial charge in [-0.2, -0.15) is 13.2 Å². The molecule has 0 atom stereocenters. The first-order valence-corrected chi connectivity index (χ1v) is 22.5. The molecule has 0 spiro atoms. The highest BCUT2D eigenvalue weighted by atomic mass is 32.2. The van der Waals surface area contributed by atoms with E-state index < -0.39 is 15.6 Å². The van der Waals surface area contributed by atoms with E-state index in [-0.39, 0.29) is 10.9 Å². The first kappa shape index (κ1) is 47.9. The molecule has 0 aliphatic heterocycles. The third-order valence-electron chi connectivity index (χ3n) is 10.1. The van der Waals surface area contributed by atoms with Crippen LogP contribution in [0.1, 0.15) is 228 Å². The summed E-state index contributed by atoms with van der Waals surface area (Å²) in [6, 6.07) is 15.6. The van der Waals surface area contributed by atoms with Gasteiger partial charge >= 0.3 is 5.51 Å². The topological polar surface area (TPSA) is 57.2 Å². The third kappa shape index (κ3) is 11.2. The fraction of sp³-hybridized carbons (Fsp3) is 0.609. The van der Waals surface area contributed by atoms with Crippen LogP contribution in [0.3, 0.4) is 0 Å². The fourth-order valence-corrected chi connectivity index (χ4v) is 10.5. The highest BCUT2D eigenvalue weighted by Crippen LogP contribution is 2.51. The van der Waals surface area contributed by atoms with Gasteiger partial charge in [0.1, 0.15) is 10.9 Å². The maximum absolute atomic E-state index is 10.7. The molecule has 0 aliphatic carbocycles. The van der Waals surface area contributed by atoms with Crippen LogP contribution >= 0.6 is 0 Å². The first-order valence-electron chi connectivity index (χ1n) is 19.8. The Morgan fingerprint density at radius 2 is 0.556 bits per heavy atom. The summed E-state index contributed by atoms with van der Waals surface area (Å²) in [5, 5.41) is 0. The molecule has 0 amide bonds. The number of alkyl halides is 3. The van der Waals surface area contributed by atoms with Crippen molar-refractivity contribution < 1.29 is 26.1 Å².